The van der Waals surface area contributed by atoms with Gasteiger partial charge >= 0.3 is 12.4 Å². The molecule has 20 heteroatoms. The average Bonchev–Trinajstić information content (AvgIpc) is 3.85. The maximum Gasteiger partial charge on any atom is 0.452 e. The van der Waals surface area contributed by atoms with E-state index in [0.717, 1.165) is 22.7 Å². The molecule has 0 saturated carbocycles. The molecule has 0 radical (unpaired) electrons. The number of carbonyl (C=O) groups is 2. The first kappa shape index (κ1) is 37.4. The quantitative estimate of drug-likeness (QED) is 0.216. The van der Waals surface area contributed by atoms with Crippen LogP contribution in [0.2, 0.25) is 0 Å². The van der Waals surface area contributed by atoms with Crippen molar-refractivity contribution in [1.29, 1.82) is 0 Å². The zero-order valence-corrected chi connectivity index (χ0v) is 27.8. The number of thiophene rings is 2. The molecule has 50 heavy (non-hydrogen) atoms. The van der Waals surface area contributed by atoms with Crippen LogP contribution < -0.4 is 0 Å². The van der Waals surface area contributed by atoms with Crippen LogP contribution in [0.25, 0.3) is 21.1 Å². The fraction of sp³-hybridized carbons (Fsp3) is 0.467. The predicted molar refractivity (Wildman–Crippen MR) is 164 cm³/mol. The first-order valence-electron chi connectivity index (χ1n) is 14.9. The van der Waals surface area contributed by atoms with E-state index in [0.29, 0.717) is 32.6 Å². The molecule has 4 aromatic rings. The number of hydrogen-bond donors (Lipinski definition) is 4. The van der Waals surface area contributed by atoms with Crippen LogP contribution in [0.3, 0.4) is 0 Å². The number of piperidine rings is 2. The van der Waals surface area contributed by atoms with Gasteiger partial charge in [-0.2, -0.15) is 26.3 Å². The minimum Gasteiger partial charge on any atom is -0.390 e. The van der Waals surface area contributed by atoms with Gasteiger partial charge in [0.15, 0.2) is 0 Å². The van der Waals surface area contributed by atoms with Gasteiger partial charge in [-0.25, -0.2) is 0 Å². The Kier molecular flexibility index (Phi) is 10.8. The molecule has 4 atom stereocenters. The summed E-state index contributed by atoms with van der Waals surface area (Å²) in [5.41, 5.74) is -0.175. The fourth-order valence-corrected chi connectivity index (χ4v) is 7.36. The Morgan fingerprint density at radius 2 is 1.04 bits per heavy atom. The summed E-state index contributed by atoms with van der Waals surface area (Å²) in [6.07, 6.45) is -12.5. The zero-order valence-electron chi connectivity index (χ0n) is 26.2. The molecule has 2 aliphatic heterocycles. The van der Waals surface area contributed by atoms with Gasteiger partial charge in [-0.3, -0.25) is 9.59 Å². The highest BCUT2D eigenvalue weighted by Crippen LogP contribution is 2.40. The van der Waals surface area contributed by atoms with Gasteiger partial charge in [0.1, 0.15) is 11.4 Å². The second-order valence-electron chi connectivity index (χ2n) is 11.6. The third-order valence-corrected chi connectivity index (χ3v) is 10.3. The molecule has 6 rings (SSSR count). The number of β-amino-alcohol motifs (C(OH)–C–C–N with tert-alkyl or cyclic N) is 2. The molecular weight excluding hydrogens is 722 g/mol. The summed E-state index contributed by atoms with van der Waals surface area (Å²) in [6, 6.07) is 6.03. The number of aliphatic hydroxyl groups excluding tert-OH is 4. The van der Waals surface area contributed by atoms with Crippen LogP contribution in [0, 0.1) is 13.8 Å². The maximum atomic E-state index is 12.8. The molecule has 0 unspecified atom stereocenters. The Balaban J connectivity index is 0.000000194. The summed E-state index contributed by atoms with van der Waals surface area (Å²) >= 11 is 2.01. The third kappa shape index (κ3) is 7.89. The molecule has 0 bridgehead atoms. The Hall–Kier alpha value is -3.82. The van der Waals surface area contributed by atoms with E-state index in [-0.39, 0.29) is 60.3 Å². The van der Waals surface area contributed by atoms with Crippen molar-refractivity contribution in [3.05, 3.63) is 56.7 Å². The predicted octanol–water partition coefficient (Wildman–Crippen LogP) is 4.60. The Labute approximate surface area is 287 Å². The van der Waals surface area contributed by atoms with Crippen molar-refractivity contribution < 1.29 is 65.4 Å². The molecular formula is C30H30F6N4O8S2. The summed E-state index contributed by atoms with van der Waals surface area (Å²) in [5, 5.41) is 45.3. The first-order valence-corrected chi connectivity index (χ1v) is 16.6. The van der Waals surface area contributed by atoms with Crippen molar-refractivity contribution in [3.8, 4) is 21.1 Å². The number of alkyl halides is 6. The minimum absolute atomic E-state index is 0.00838. The smallest absolute Gasteiger partial charge is 0.390 e. The second kappa shape index (κ2) is 14.4. The lowest BCUT2D eigenvalue weighted by Crippen LogP contribution is -2.48. The average molecular weight is 753 g/mol. The molecule has 2 aliphatic rings. The number of likely N-dealkylation sites (tertiary alicyclic amines) is 2. The van der Waals surface area contributed by atoms with Crippen LogP contribution in [0.1, 0.15) is 54.8 Å². The van der Waals surface area contributed by atoms with Crippen LogP contribution in [-0.4, -0.2) is 103 Å². The van der Waals surface area contributed by atoms with Crippen molar-refractivity contribution in [2.75, 3.05) is 26.2 Å². The highest BCUT2D eigenvalue weighted by molar-refractivity contribution is 7.17. The zero-order chi connectivity index (χ0) is 36.7. The molecule has 2 amide bonds. The number of aromatic nitrogens is 2. The van der Waals surface area contributed by atoms with E-state index in [2.05, 4.69) is 19.4 Å². The lowest BCUT2D eigenvalue weighted by atomic mass is 10.1. The van der Waals surface area contributed by atoms with E-state index < -0.39 is 48.3 Å². The minimum atomic E-state index is -4.63. The van der Waals surface area contributed by atoms with Gasteiger partial charge in [-0.15, -0.1) is 22.7 Å². The van der Waals surface area contributed by atoms with Gasteiger partial charge in [0.2, 0.25) is 11.5 Å². The number of halogens is 6. The van der Waals surface area contributed by atoms with E-state index in [9.17, 15) is 56.4 Å². The molecule has 6 heterocycles. The fourth-order valence-electron chi connectivity index (χ4n) is 5.34. The normalized spacial score (nSPS) is 21.6. The Morgan fingerprint density at radius 3 is 1.34 bits per heavy atom. The first-order chi connectivity index (χ1) is 23.4. The second-order valence-corrected chi connectivity index (χ2v) is 13.8. The summed E-state index contributed by atoms with van der Waals surface area (Å²) in [4.78, 5) is 29.1. The number of rotatable bonds is 4. The summed E-state index contributed by atoms with van der Waals surface area (Å²) < 4.78 is 85.5. The number of amides is 2. The van der Waals surface area contributed by atoms with Crippen LogP contribution in [0.5, 0.6) is 0 Å². The largest absolute Gasteiger partial charge is 0.452 e. The molecule has 0 aliphatic carbocycles. The van der Waals surface area contributed by atoms with E-state index in [1.807, 2.05) is 0 Å². The van der Waals surface area contributed by atoms with Gasteiger partial charge in [-0.1, -0.05) is 10.3 Å². The van der Waals surface area contributed by atoms with Crippen molar-refractivity contribution in [1.82, 2.24) is 20.1 Å². The number of nitrogens with zero attached hydrogens (tertiary/aromatic N) is 4. The highest BCUT2D eigenvalue weighted by atomic mass is 32.1. The topological polar surface area (TPSA) is 174 Å². The van der Waals surface area contributed by atoms with Gasteiger partial charge in [0.05, 0.1) is 43.9 Å². The molecule has 272 valence electrons. The van der Waals surface area contributed by atoms with Crippen LogP contribution >= 0.6 is 22.7 Å². The van der Waals surface area contributed by atoms with Crippen molar-refractivity contribution >= 4 is 34.5 Å². The van der Waals surface area contributed by atoms with Crippen molar-refractivity contribution in [2.45, 2.75) is 63.5 Å². The lowest BCUT2D eigenvalue weighted by Gasteiger charge is -2.33. The monoisotopic (exact) mass is 752 g/mol. The molecule has 0 spiro atoms. The van der Waals surface area contributed by atoms with E-state index in [1.165, 1.54) is 47.9 Å². The van der Waals surface area contributed by atoms with Gasteiger partial charge in [0, 0.05) is 37.3 Å². The molecule has 12 nitrogen and oxygen atoms in total. The van der Waals surface area contributed by atoms with Gasteiger partial charge in [-0.05, 0) is 51.0 Å². The maximum absolute atomic E-state index is 12.8. The molecule has 4 N–H and O–H groups in total. The van der Waals surface area contributed by atoms with Crippen LogP contribution in [-0.2, 0) is 12.4 Å². The summed E-state index contributed by atoms with van der Waals surface area (Å²) in [6.45, 7) is 3.14. The number of aliphatic hydroxyl groups is 4. The molecule has 4 aromatic heterocycles. The molecule has 0 aromatic carbocycles. The van der Waals surface area contributed by atoms with E-state index in [1.54, 1.807) is 0 Å². The Morgan fingerprint density at radius 1 is 0.680 bits per heavy atom. The van der Waals surface area contributed by atoms with E-state index >= 15 is 0 Å². The SMILES string of the molecule is Cc1c(-c2ccc(C(=O)N3CC[C@@H](O)[C@@H](O)C3)s2)noc1C(F)(F)F.Cc1c(-c2ccc(C(=O)N3CC[C@H](O)[C@H](O)C3)s2)noc1C(F)(F)F. The molecule has 2 saturated heterocycles. The van der Waals surface area contributed by atoms with Crippen molar-refractivity contribution in [2.24, 2.45) is 0 Å². The van der Waals surface area contributed by atoms with Gasteiger partial charge in [0.25, 0.3) is 11.8 Å². The summed E-state index contributed by atoms with van der Waals surface area (Å²) in [5.74, 6) is -3.01. The summed E-state index contributed by atoms with van der Waals surface area (Å²) in [7, 11) is 0. The van der Waals surface area contributed by atoms with Crippen LogP contribution in [0.15, 0.2) is 33.3 Å². The van der Waals surface area contributed by atoms with E-state index in [4.69, 9.17) is 0 Å². The van der Waals surface area contributed by atoms with Crippen molar-refractivity contribution in [3.63, 3.8) is 0 Å². The third-order valence-electron chi connectivity index (χ3n) is 8.13. The highest BCUT2D eigenvalue weighted by Gasteiger charge is 2.40. The Bertz CT molecular complexity index is 1700. The van der Waals surface area contributed by atoms with Crippen LogP contribution in [0.4, 0.5) is 26.3 Å². The van der Waals surface area contributed by atoms with Gasteiger partial charge < -0.3 is 39.3 Å². The number of carbonyl (C=O) groups excluding carboxylic acids is 2. The standard InChI is InChI=1S/2C15H15F3N2O4S/c2*1-7-12(19-24-13(7)15(16,17)18)10-2-3-11(25-10)14(23)20-5-4-8(21)9(22)6-20/h2*2-3,8-9,21-22H,4-6H2,1H3/t2*8-,9+/m10/s1. The lowest BCUT2D eigenvalue weighted by molar-refractivity contribution is -0.156. The molecule has 2 fully saturated rings. The number of hydrogen-bond acceptors (Lipinski definition) is 12.